The van der Waals surface area contributed by atoms with Crippen molar-refractivity contribution in [2.45, 2.75) is 380 Å². The van der Waals surface area contributed by atoms with Crippen molar-refractivity contribution >= 4 is 17.9 Å². The van der Waals surface area contributed by atoms with E-state index in [0.29, 0.717) is 19.3 Å². The maximum atomic E-state index is 13.0. The average Bonchev–Trinajstić information content (AvgIpc) is 3.44. The summed E-state index contributed by atoms with van der Waals surface area (Å²) in [5.41, 5.74) is 0. The van der Waals surface area contributed by atoms with Crippen molar-refractivity contribution in [2.24, 2.45) is 0 Å². The molecule has 0 aromatic carbocycles. The molecule has 1 atom stereocenters. The minimum atomic E-state index is -0.779. The summed E-state index contributed by atoms with van der Waals surface area (Å²) < 4.78 is 17.0. The van der Waals surface area contributed by atoms with Gasteiger partial charge in [-0.25, -0.2) is 0 Å². The Kier molecular flexibility index (Phi) is 64.6. The normalized spacial score (nSPS) is 12.3. The lowest BCUT2D eigenvalue weighted by molar-refractivity contribution is -0.167. The minimum Gasteiger partial charge on any atom is -0.462 e. The van der Waals surface area contributed by atoms with Crippen molar-refractivity contribution in [3.63, 3.8) is 0 Å². The number of hydrogen-bond donors (Lipinski definition) is 0. The van der Waals surface area contributed by atoms with Gasteiger partial charge >= 0.3 is 17.9 Å². The molecule has 0 aliphatic rings. The highest BCUT2D eigenvalue weighted by atomic mass is 16.6. The first-order valence-electron chi connectivity index (χ1n) is 34.6. The molecule has 0 saturated carbocycles. The van der Waals surface area contributed by atoms with Crippen molar-refractivity contribution < 1.29 is 28.6 Å². The fourth-order valence-electron chi connectivity index (χ4n) is 10.3. The van der Waals surface area contributed by atoms with Crippen LogP contribution in [0.15, 0.2) is 48.6 Å². The van der Waals surface area contributed by atoms with Crippen LogP contribution in [0.5, 0.6) is 0 Å². The van der Waals surface area contributed by atoms with Gasteiger partial charge < -0.3 is 14.2 Å². The lowest BCUT2D eigenvalue weighted by Gasteiger charge is -2.18. The third-order valence-electron chi connectivity index (χ3n) is 15.6. The number of unbranched alkanes of at least 4 members (excludes halogenated alkanes) is 45. The predicted molar refractivity (Wildman–Crippen MR) is 339 cm³/mol. The molecule has 0 saturated heterocycles. The molecule has 0 radical (unpaired) electrons. The van der Waals surface area contributed by atoms with E-state index in [1.54, 1.807) is 0 Å². The lowest BCUT2D eigenvalue weighted by Crippen LogP contribution is -2.30. The van der Waals surface area contributed by atoms with Crippen LogP contribution in [0, 0.1) is 0 Å². The molecule has 1 unspecified atom stereocenters. The lowest BCUT2D eigenvalue weighted by atomic mass is 10.0. The fraction of sp³-hybridized carbons (Fsp3) is 0.847. The van der Waals surface area contributed by atoms with Crippen molar-refractivity contribution in [1.29, 1.82) is 0 Å². The van der Waals surface area contributed by atoms with Crippen molar-refractivity contribution in [3.05, 3.63) is 48.6 Å². The summed E-state index contributed by atoms with van der Waals surface area (Å²) >= 11 is 0. The van der Waals surface area contributed by atoms with E-state index in [4.69, 9.17) is 14.2 Å². The number of allylic oxidation sites excluding steroid dienone is 8. The van der Waals surface area contributed by atoms with Crippen LogP contribution in [-0.4, -0.2) is 37.2 Å². The van der Waals surface area contributed by atoms with Gasteiger partial charge in [0.05, 0.1) is 0 Å². The van der Waals surface area contributed by atoms with Crippen LogP contribution in [0.1, 0.15) is 374 Å². The van der Waals surface area contributed by atoms with E-state index in [1.807, 2.05) is 0 Å². The summed E-state index contributed by atoms with van der Waals surface area (Å²) in [5.74, 6) is -0.865. The van der Waals surface area contributed by atoms with Gasteiger partial charge in [-0.1, -0.05) is 320 Å². The van der Waals surface area contributed by atoms with Gasteiger partial charge in [-0.05, 0) is 83.5 Å². The molecular weight excluding hydrogens is 961 g/mol. The number of rotatable bonds is 64. The SMILES string of the molecule is CCCCCCC/C=C\C/C=C\C/C=C\CCCCCCCCCCC(=O)OCC(COC(=O)CCCCCCC/C=C\CCCCCCCCC)OC(=O)CCCCCCCCCCCCCCCCCCCCCCC. The molecule has 0 aromatic heterocycles. The first-order valence-corrected chi connectivity index (χ1v) is 34.6. The standard InChI is InChI=1S/C72H132O6/c1-4-7-10-13-16-19-22-25-28-31-33-35-36-38-39-41-44-47-50-53-56-59-62-65-71(74)77-68-69(67-76-70(73)64-61-58-55-52-49-46-43-30-27-24-21-18-15-12-9-6-3)78-72(75)66-63-60-57-54-51-48-45-42-40-37-34-32-29-26-23-20-17-14-11-8-5-2/h22,25,30-31,33,36,38,43,69H,4-21,23-24,26-29,32,34-35,37,39-42,44-68H2,1-3H3/b25-22-,33-31-,38-36-,43-30-. The van der Waals surface area contributed by atoms with Gasteiger partial charge in [-0.2, -0.15) is 0 Å². The average molecular weight is 1090 g/mol. The maximum Gasteiger partial charge on any atom is 0.306 e. The highest BCUT2D eigenvalue weighted by Crippen LogP contribution is 2.18. The molecule has 0 N–H and O–H groups in total. The Morgan fingerprint density at radius 2 is 0.462 bits per heavy atom. The highest BCUT2D eigenvalue weighted by Gasteiger charge is 2.19. The van der Waals surface area contributed by atoms with E-state index < -0.39 is 6.10 Å². The number of carbonyl (C=O) groups is 3. The Labute approximate surface area is 486 Å². The van der Waals surface area contributed by atoms with Crippen LogP contribution in [-0.2, 0) is 28.6 Å². The maximum absolute atomic E-state index is 13.0. The molecule has 6 heteroatoms. The number of hydrogen-bond acceptors (Lipinski definition) is 6. The van der Waals surface area contributed by atoms with Crippen LogP contribution in [0.3, 0.4) is 0 Å². The summed E-state index contributed by atoms with van der Waals surface area (Å²) in [6, 6.07) is 0. The highest BCUT2D eigenvalue weighted by molar-refractivity contribution is 5.71. The van der Waals surface area contributed by atoms with Gasteiger partial charge in [-0.15, -0.1) is 0 Å². The van der Waals surface area contributed by atoms with Gasteiger partial charge in [-0.3, -0.25) is 14.4 Å². The van der Waals surface area contributed by atoms with E-state index in [2.05, 4.69) is 69.4 Å². The second kappa shape index (κ2) is 66.9. The third kappa shape index (κ3) is 64.2. The van der Waals surface area contributed by atoms with Crippen LogP contribution < -0.4 is 0 Å². The van der Waals surface area contributed by atoms with Gasteiger partial charge in [0.1, 0.15) is 13.2 Å². The molecular formula is C72H132O6. The molecule has 6 nitrogen and oxygen atoms in total. The van der Waals surface area contributed by atoms with E-state index >= 15 is 0 Å². The number of ether oxygens (including phenoxy) is 3. The quantitative estimate of drug-likeness (QED) is 0.0261. The third-order valence-corrected chi connectivity index (χ3v) is 15.6. The van der Waals surface area contributed by atoms with E-state index in [-0.39, 0.29) is 31.1 Å². The van der Waals surface area contributed by atoms with Crippen LogP contribution in [0.4, 0.5) is 0 Å². The van der Waals surface area contributed by atoms with E-state index in [0.717, 1.165) is 83.5 Å². The first kappa shape index (κ1) is 75.4. The zero-order valence-corrected chi connectivity index (χ0v) is 52.5. The molecule has 0 heterocycles. The number of esters is 3. The second-order valence-electron chi connectivity index (χ2n) is 23.4. The van der Waals surface area contributed by atoms with Gasteiger partial charge in [0.25, 0.3) is 0 Å². The van der Waals surface area contributed by atoms with E-state index in [1.165, 1.54) is 250 Å². The van der Waals surface area contributed by atoms with Crippen LogP contribution in [0.25, 0.3) is 0 Å². The molecule has 78 heavy (non-hydrogen) atoms. The molecule has 0 amide bonds. The zero-order chi connectivity index (χ0) is 56.4. The molecule has 0 fully saturated rings. The largest absolute Gasteiger partial charge is 0.462 e. The zero-order valence-electron chi connectivity index (χ0n) is 52.5. The van der Waals surface area contributed by atoms with Crippen molar-refractivity contribution in [2.75, 3.05) is 13.2 Å². The monoisotopic (exact) mass is 1090 g/mol. The summed E-state index contributed by atoms with van der Waals surface area (Å²) in [4.78, 5) is 38.4. The predicted octanol–water partition coefficient (Wildman–Crippen LogP) is 23.7. The summed E-state index contributed by atoms with van der Waals surface area (Å²) in [7, 11) is 0. The molecule has 0 bridgehead atoms. The van der Waals surface area contributed by atoms with E-state index in [9.17, 15) is 14.4 Å². The number of carbonyl (C=O) groups excluding carboxylic acids is 3. The van der Waals surface area contributed by atoms with Gasteiger partial charge in [0, 0.05) is 19.3 Å². The second-order valence-corrected chi connectivity index (χ2v) is 23.4. The van der Waals surface area contributed by atoms with Crippen LogP contribution >= 0.6 is 0 Å². The molecule has 0 aliphatic carbocycles. The molecule has 456 valence electrons. The Hall–Kier alpha value is -2.63. The first-order chi connectivity index (χ1) is 38.5. The smallest absolute Gasteiger partial charge is 0.306 e. The summed E-state index contributed by atoms with van der Waals surface area (Å²) in [6.45, 7) is 6.68. The van der Waals surface area contributed by atoms with Gasteiger partial charge in [0.15, 0.2) is 6.10 Å². The Balaban J connectivity index is 4.34. The van der Waals surface area contributed by atoms with Crippen molar-refractivity contribution in [1.82, 2.24) is 0 Å². The van der Waals surface area contributed by atoms with Crippen LogP contribution in [0.2, 0.25) is 0 Å². The fourth-order valence-corrected chi connectivity index (χ4v) is 10.3. The topological polar surface area (TPSA) is 78.9 Å². The van der Waals surface area contributed by atoms with Gasteiger partial charge in [0.2, 0.25) is 0 Å². The summed E-state index contributed by atoms with van der Waals surface area (Å²) in [5, 5.41) is 0. The Bertz CT molecular complexity index is 1350. The van der Waals surface area contributed by atoms with Crippen molar-refractivity contribution in [3.8, 4) is 0 Å². The Morgan fingerprint density at radius 3 is 0.731 bits per heavy atom. The molecule has 0 rings (SSSR count). The molecule has 0 spiro atoms. The minimum absolute atomic E-state index is 0.0759. The molecule has 0 aromatic rings. The Morgan fingerprint density at radius 1 is 0.256 bits per heavy atom. The summed E-state index contributed by atoms with van der Waals surface area (Å²) in [6.07, 6.45) is 84.1. The molecule has 0 aliphatic heterocycles.